The number of halogens is 1. The largest absolute Gasteiger partial charge is 0.492 e. The molecule has 1 aromatic carbocycles. The third-order valence-corrected chi connectivity index (χ3v) is 4.81. The molecule has 1 atom stereocenters. The predicted molar refractivity (Wildman–Crippen MR) is 87.4 cm³/mol. The van der Waals surface area contributed by atoms with Gasteiger partial charge in [0, 0.05) is 25.1 Å². The number of ether oxygens (including phenoxy) is 1. The first-order valence-electron chi connectivity index (χ1n) is 7.86. The van der Waals surface area contributed by atoms with Gasteiger partial charge >= 0.3 is 0 Å². The van der Waals surface area contributed by atoms with Crippen LogP contribution in [0.15, 0.2) is 6.07 Å². The number of fused-ring (bicyclic) bond motifs is 1. The van der Waals surface area contributed by atoms with Crippen molar-refractivity contribution in [1.29, 1.82) is 0 Å². The van der Waals surface area contributed by atoms with Crippen molar-refractivity contribution in [2.45, 2.75) is 38.8 Å². The third-order valence-electron chi connectivity index (χ3n) is 4.49. The minimum absolute atomic E-state index is 0.00109. The van der Waals surface area contributed by atoms with Crippen LogP contribution in [0, 0.1) is 0 Å². The van der Waals surface area contributed by atoms with Crippen LogP contribution in [0.4, 0.5) is 5.69 Å². The van der Waals surface area contributed by atoms with E-state index in [4.69, 9.17) is 22.1 Å². The number of nitrogen functional groups attached to an aromatic ring is 1. The Labute approximate surface area is 135 Å². The molecule has 0 bridgehead atoms. The summed E-state index contributed by atoms with van der Waals surface area (Å²) in [7, 11) is 0. The number of anilines is 1. The SMILES string of the molecule is CC(NC(=O)c1cc(Cl)c(N)c2c1OCC2)N1CCCCC1. The second kappa shape index (κ2) is 6.34. The lowest BCUT2D eigenvalue weighted by atomic mass is 10.0. The summed E-state index contributed by atoms with van der Waals surface area (Å²) in [5.41, 5.74) is 7.82. The maximum absolute atomic E-state index is 12.6. The molecule has 120 valence electrons. The number of likely N-dealkylation sites (tertiary alicyclic amines) is 1. The smallest absolute Gasteiger partial charge is 0.256 e. The van der Waals surface area contributed by atoms with Gasteiger partial charge in [-0.05, 0) is 25.8 Å². The number of nitrogens with one attached hydrogen (secondary N) is 1. The Bertz CT molecular complexity index is 585. The van der Waals surface area contributed by atoms with Crippen molar-refractivity contribution >= 4 is 23.2 Å². The first-order valence-corrected chi connectivity index (χ1v) is 8.24. The normalized spacial score (nSPS) is 19.4. The second-order valence-corrected chi connectivity index (χ2v) is 6.38. The highest BCUT2D eigenvalue weighted by Crippen LogP contribution is 2.38. The fourth-order valence-electron chi connectivity index (χ4n) is 3.20. The van der Waals surface area contributed by atoms with Crippen molar-refractivity contribution in [1.82, 2.24) is 10.2 Å². The average Bonchev–Trinajstić information content (AvgIpc) is 3.01. The minimum Gasteiger partial charge on any atom is -0.492 e. The number of hydrogen-bond donors (Lipinski definition) is 2. The van der Waals surface area contributed by atoms with Gasteiger partial charge < -0.3 is 15.8 Å². The summed E-state index contributed by atoms with van der Waals surface area (Å²) >= 11 is 6.16. The van der Waals surface area contributed by atoms with Crippen LogP contribution in [0.5, 0.6) is 5.75 Å². The van der Waals surface area contributed by atoms with Crippen molar-refractivity contribution in [2.24, 2.45) is 0 Å². The van der Waals surface area contributed by atoms with Gasteiger partial charge in [0.05, 0.1) is 29.0 Å². The van der Waals surface area contributed by atoms with E-state index in [2.05, 4.69) is 10.2 Å². The molecular formula is C16H22ClN3O2. The quantitative estimate of drug-likeness (QED) is 0.838. The van der Waals surface area contributed by atoms with E-state index in [-0.39, 0.29) is 12.1 Å². The number of rotatable bonds is 3. The van der Waals surface area contributed by atoms with Crippen LogP contribution in [-0.2, 0) is 6.42 Å². The van der Waals surface area contributed by atoms with E-state index in [1.165, 1.54) is 19.3 Å². The van der Waals surface area contributed by atoms with Crippen molar-refractivity contribution in [3.63, 3.8) is 0 Å². The summed E-state index contributed by atoms with van der Waals surface area (Å²) in [4.78, 5) is 14.9. The Hall–Kier alpha value is -1.46. The van der Waals surface area contributed by atoms with E-state index < -0.39 is 0 Å². The molecule has 1 amide bonds. The zero-order valence-corrected chi connectivity index (χ0v) is 13.6. The van der Waals surface area contributed by atoms with Gasteiger partial charge in [-0.2, -0.15) is 0 Å². The van der Waals surface area contributed by atoms with Crippen LogP contribution in [0.2, 0.25) is 5.02 Å². The molecule has 1 fully saturated rings. The number of piperidine rings is 1. The summed E-state index contributed by atoms with van der Waals surface area (Å²) in [6, 6.07) is 1.61. The Balaban J connectivity index is 1.78. The summed E-state index contributed by atoms with van der Waals surface area (Å²) in [5.74, 6) is 0.434. The molecule has 2 heterocycles. The van der Waals surface area contributed by atoms with Crippen LogP contribution < -0.4 is 15.8 Å². The lowest BCUT2D eigenvalue weighted by Crippen LogP contribution is -2.48. The van der Waals surface area contributed by atoms with E-state index in [9.17, 15) is 4.79 Å². The lowest BCUT2D eigenvalue weighted by Gasteiger charge is -2.32. The maximum atomic E-state index is 12.6. The molecule has 5 nitrogen and oxygen atoms in total. The van der Waals surface area contributed by atoms with Crippen molar-refractivity contribution in [3.8, 4) is 5.75 Å². The molecule has 1 unspecified atom stereocenters. The molecule has 0 aromatic heterocycles. The van der Waals surface area contributed by atoms with Crippen molar-refractivity contribution < 1.29 is 9.53 Å². The molecule has 1 saturated heterocycles. The predicted octanol–water partition coefficient (Wildman–Crippen LogP) is 2.42. The van der Waals surface area contributed by atoms with Crippen LogP contribution in [0.3, 0.4) is 0 Å². The standard InChI is InChI=1S/C16H22ClN3O2/c1-10(20-6-3-2-4-7-20)19-16(21)12-9-13(17)14(18)11-5-8-22-15(11)12/h9-10H,2-8,18H2,1H3,(H,19,21). The molecule has 0 spiro atoms. The number of amides is 1. The first-order chi connectivity index (χ1) is 10.6. The molecule has 3 rings (SSSR count). The van der Waals surface area contributed by atoms with Crippen molar-refractivity contribution in [3.05, 3.63) is 22.2 Å². The highest BCUT2D eigenvalue weighted by atomic mass is 35.5. The van der Waals surface area contributed by atoms with E-state index >= 15 is 0 Å². The number of nitrogens with two attached hydrogens (primary N) is 1. The minimum atomic E-state index is -0.155. The molecule has 2 aliphatic heterocycles. The summed E-state index contributed by atoms with van der Waals surface area (Å²) < 4.78 is 5.60. The second-order valence-electron chi connectivity index (χ2n) is 5.97. The van der Waals surface area contributed by atoms with Crippen LogP contribution in [0.1, 0.15) is 42.1 Å². The van der Waals surface area contributed by atoms with Crippen molar-refractivity contribution in [2.75, 3.05) is 25.4 Å². The first kappa shape index (κ1) is 15.4. The Morgan fingerprint density at radius 1 is 1.41 bits per heavy atom. The highest BCUT2D eigenvalue weighted by Gasteiger charge is 2.27. The molecule has 0 radical (unpaired) electrons. The van der Waals surface area contributed by atoms with Gasteiger partial charge in [-0.1, -0.05) is 18.0 Å². The molecule has 2 aliphatic rings. The Morgan fingerprint density at radius 3 is 2.86 bits per heavy atom. The Morgan fingerprint density at radius 2 is 2.14 bits per heavy atom. The highest BCUT2D eigenvalue weighted by molar-refractivity contribution is 6.33. The summed E-state index contributed by atoms with van der Waals surface area (Å²) in [6.07, 6.45) is 4.34. The van der Waals surface area contributed by atoms with Gasteiger partial charge in [-0.15, -0.1) is 0 Å². The van der Waals surface area contributed by atoms with Crippen LogP contribution in [0.25, 0.3) is 0 Å². The van der Waals surface area contributed by atoms with E-state index in [1.807, 2.05) is 6.92 Å². The van der Waals surface area contributed by atoms with E-state index in [0.29, 0.717) is 35.1 Å². The van der Waals surface area contributed by atoms with Gasteiger partial charge in [0.2, 0.25) is 0 Å². The zero-order chi connectivity index (χ0) is 15.7. The maximum Gasteiger partial charge on any atom is 0.256 e. The molecule has 3 N–H and O–H groups in total. The number of carbonyl (C=O) groups excluding carboxylic acids is 1. The molecular weight excluding hydrogens is 302 g/mol. The van der Waals surface area contributed by atoms with Crippen LogP contribution in [-0.4, -0.2) is 36.7 Å². The third kappa shape index (κ3) is 2.88. The summed E-state index contributed by atoms with van der Waals surface area (Å²) in [6.45, 7) is 4.61. The molecule has 22 heavy (non-hydrogen) atoms. The molecule has 0 aliphatic carbocycles. The topological polar surface area (TPSA) is 67.6 Å². The molecule has 1 aromatic rings. The van der Waals surface area contributed by atoms with E-state index in [1.54, 1.807) is 6.07 Å². The average molecular weight is 324 g/mol. The fourth-order valence-corrected chi connectivity index (χ4v) is 3.42. The van der Waals surface area contributed by atoms with Gasteiger partial charge in [-0.25, -0.2) is 0 Å². The number of benzene rings is 1. The number of nitrogens with zero attached hydrogens (tertiary/aromatic N) is 1. The number of carbonyl (C=O) groups is 1. The van der Waals surface area contributed by atoms with Gasteiger partial charge in [0.15, 0.2) is 0 Å². The zero-order valence-electron chi connectivity index (χ0n) is 12.8. The van der Waals surface area contributed by atoms with Crippen LogP contribution >= 0.6 is 11.6 Å². The monoisotopic (exact) mass is 323 g/mol. The number of hydrogen-bond acceptors (Lipinski definition) is 4. The molecule has 0 saturated carbocycles. The van der Waals surface area contributed by atoms with E-state index in [0.717, 1.165) is 18.7 Å². The van der Waals surface area contributed by atoms with Gasteiger partial charge in [0.1, 0.15) is 5.75 Å². The Kier molecular flexibility index (Phi) is 4.45. The van der Waals surface area contributed by atoms with Gasteiger partial charge in [0.25, 0.3) is 5.91 Å². The van der Waals surface area contributed by atoms with Gasteiger partial charge in [-0.3, -0.25) is 9.69 Å². The fraction of sp³-hybridized carbons (Fsp3) is 0.562. The summed E-state index contributed by atoms with van der Waals surface area (Å²) in [5, 5.41) is 3.47. The molecule has 6 heteroatoms. The lowest BCUT2D eigenvalue weighted by molar-refractivity contribution is 0.0836.